The van der Waals surface area contributed by atoms with Gasteiger partial charge < -0.3 is 24.4 Å². The lowest BCUT2D eigenvalue weighted by molar-refractivity contribution is -0.154. The lowest BCUT2D eigenvalue weighted by atomic mass is 9.99. The summed E-state index contributed by atoms with van der Waals surface area (Å²) in [7, 11) is 4.91. The number of methoxy groups -OCH3 is 2. The highest BCUT2D eigenvalue weighted by Crippen LogP contribution is 2.33. The molecule has 0 unspecified atom stereocenters. The van der Waals surface area contributed by atoms with Crippen LogP contribution in [-0.2, 0) is 19.5 Å². The van der Waals surface area contributed by atoms with Crippen molar-refractivity contribution in [3.8, 4) is 17.4 Å². The SMILES string of the molecule is CN=C(NCc1ccnc(OCC(F)(F)F)c1)N1CCc2cc(OC)c(OC)cc2C1.I. The van der Waals surface area contributed by atoms with Gasteiger partial charge in [-0.15, -0.1) is 24.0 Å². The highest BCUT2D eigenvalue weighted by Gasteiger charge is 2.28. The summed E-state index contributed by atoms with van der Waals surface area (Å²) in [6.45, 7) is 0.400. The summed E-state index contributed by atoms with van der Waals surface area (Å²) in [5.74, 6) is 2.00. The molecule has 2 aromatic rings. The zero-order chi connectivity index (χ0) is 22.4. The summed E-state index contributed by atoms with van der Waals surface area (Å²) in [6, 6.07) is 7.17. The van der Waals surface area contributed by atoms with Gasteiger partial charge in [0.05, 0.1) is 14.2 Å². The monoisotopic (exact) mass is 566 g/mol. The van der Waals surface area contributed by atoms with E-state index in [-0.39, 0.29) is 29.9 Å². The second-order valence-corrected chi connectivity index (χ2v) is 6.95. The first kappa shape index (κ1) is 25.8. The first-order chi connectivity index (χ1) is 14.8. The van der Waals surface area contributed by atoms with Crippen molar-refractivity contribution in [2.45, 2.75) is 25.7 Å². The lowest BCUT2D eigenvalue weighted by Gasteiger charge is -2.32. The second-order valence-electron chi connectivity index (χ2n) is 6.95. The smallest absolute Gasteiger partial charge is 0.422 e. The van der Waals surface area contributed by atoms with Crippen molar-refractivity contribution < 1.29 is 27.4 Å². The van der Waals surface area contributed by atoms with Crippen molar-refractivity contribution in [1.29, 1.82) is 0 Å². The molecule has 176 valence electrons. The number of fused-ring (bicyclic) bond motifs is 1. The topological polar surface area (TPSA) is 68.2 Å². The molecule has 3 rings (SSSR count). The summed E-state index contributed by atoms with van der Waals surface area (Å²) < 4.78 is 52.5. The first-order valence-corrected chi connectivity index (χ1v) is 9.67. The van der Waals surface area contributed by atoms with E-state index >= 15 is 0 Å². The van der Waals surface area contributed by atoms with E-state index in [1.807, 2.05) is 12.1 Å². The summed E-state index contributed by atoms with van der Waals surface area (Å²) in [5, 5.41) is 3.25. The molecule has 0 spiro atoms. The van der Waals surface area contributed by atoms with Gasteiger partial charge >= 0.3 is 6.18 Å². The van der Waals surface area contributed by atoms with Crippen LogP contribution in [0.3, 0.4) is 0 Å². The maximum atomic E-state index is 12.3. The fourth-order valence-corrected chi connectivity index (χ4v) is 3.37. The number of nitrogens with one attached hydrogen (secondary N) is 1. The van der Waals surface area contributed by atoms with Gasteiger partial charge in [-0.25, -0.2) is 4.98 Å². The van der Waals surface area contributed by atoms with Crippen molar-refractivity contribution in [2.24, 2.45) is 4.99 Å². The minimum Gasteiger partial charge on any atom is -0.493 e. The fourth-order valence-electron chi connectivity index (χ4n) is 3.37. The average molecular weight is 566 g/mol. The Balaban J connectivity index is 0.00000363. The van der Waals surface area contributed by atoms with Gasteiger partial charge in [0, 0.05) is 38.9 Å². The molecular weight excluding hydrogens is 540 g/mol. The Morgan fingerprint density at radius 2 is 1.84 bits per heavy atom. The van der Waals surface area contributed by atoms with E-state index in [1.165, 1.54) is 17.8 Å². The van der Waals surface area contributed by atoms with Crippen LogP contribution in [0.2, 0.25) is 0 Å². The van der Waals surface area contributed by atoms with Crippen molar-refractivity contribution in [3.05, 3.63) is 47.2 Å². The van der Waals surface area contributed by atoms with Gasteiger partial charge in [-0.2, -0.15) is 13.2 Å². The maximum absolute atomic E-state index is 12.3. The number of guanidine groups is 1. The molecule has 0 saturated carbocycles. The summed E-state index contributed by atoms with van der Waals surface area (Å²) >= 11 is 0. The largest absolute Gasteiger partial charge is 0.493 e. The predicted octanol–water partition coefficient (Wildman–Crippen LogP) is 3.79. The van der Waals surface area contributed by atoms with Gasteiger partial charge in [0.2, 0.25) is 5.88 Å². The van der Waals surface area contributed by atoms with E-state index in [1.54, 1.807) is 27.3 Å². The van der Waals surface area contributed by atoms with Crippen LogP contribution in [0.15, 0.2) is 35.5 Å². The van der Waals surface area contributed by atoms with Crippen molar-refractivity contribution in [3.63, 3.8) is 0 Å². The highest BCUT2D eigenvalue weighted by atomic mass is 127. The highest BCUT2D eigenvalue weighted by molar-refractivity contribution is 14.0. The zero-order valence-corrected chi connectivity index (χ0v) is 20.4. The molecule has 0 amide bonds. The number of halogens is 4. The zero-order valence-electron chi connectivity index (χ0n) is 18.0. The molecule has 1 aromatic carbocycles. The van der Waals surface area contributed by atoms with Gasteiger partial charge in [0.15, 0.2) is 24.1 Å². The molecule has 0 radical (unpaired) electrons. The van der Waals surface area contributed by atoms with Crippen LogP contribution in [0, 0.1) is 0 Å². The lowest BCUT2D eigenvalue weighted by Crippen LogP contribution is -2.43. The molecular formula is C21H26F3IN4O3. The summed E-state index contributed by atoms with van der Waals surface area (Å²) in [5.41, 5.74) is 3.06. The Hall–Kier alpha value is -2.44. The van der Waals surface area contributed by atoms with E-state index in [0.29, 0.717) is 30.5 Å². The number of pyridine rings is 1. The van der Waals surface area contributed by atoms with Crippen LogP contribution >= 0.6 is 24.0 Å². The summed E-state index contributed by atoms with van der Waals surface area (Å²) in [4.78, 5) is 10.3. The normalized spacial score (nSPS) is 13.7. The molecule has 0 bridgehead atoms. The van der Waals surface area contributed by atoms with Crippen LogP contribution in [-0.4, -0.2) is 56.4 Å². The first-order valence-electron chi connectivity index (χ1n) is 9.67. The molecule has 1 aromatic heterocycles. The minimum atomic E-state index is -4.41. The van der Waals surface area contributed by atoms with Crippen LogP contribution in [0.1, 0.15) is 16.7 Å². The average Bonchev–Trinajstić information content (AvgIpc) is 2.76. The van der Waals surface area contributed by atoms with Gasteiger partial charge in [0.1, 0.15) is 0 Å². The summed E-state index contributed by atoms with van der Waals surface area (Å²) in [6.07, 6.45) is -2.17. The molecule has 0 saturated heterocycles. The third-order valence-corrected chi connectivity index (χ3v) is 4.86. The fraction of sp³-hybridized carbons (Fsp3) is 0.429. The van der Waals surface area contributed by atoms with E-state index in [4.69, 9.17) is 14.2 Å². The molecule has 1 aliphatic rings. The minimum absolute atomic E-state index is 0. The third kappa shape index (κ3) is 6.78. The molecule has 11 heteroatoms. The number of alkyl halides is 3. The molecule has 1 N–H and O–H groups in total. The quantitative estimate of drug-likeness (QED) is 0.326. The van der Waals surface area contributed by atoms with Crippen LogP contribution in [0.5, 0.6) is 17.4 Å². The number of nitrogens with zero attached hydrogens (tertiary/aromatic N) is 3. The number of ether oxygens (including phenoxy) is 3. The van der Waals surface area contributed by atoms with Crippen molar-refractivity contribution in [2.75, 3.05) is 34.4 Å². The van der Waals surface area contributed by atoms with Crippen LogP contribution < -0.4 is 19.5 Å². The number of benzene rings is 1. The number of aliphatic imine (C=N–C) groups is 1. The maximum Gasteiger partial charge on any atom is 0.422 e. The molecule has 0 aliphatic carbocycles. The van der Waals surface area contributed by atoms with Gasteiger partial charge in [0.25, 0.3) is 0 Å². The third-order valence-electron chi connectivity index (χ3n) is 4.86. The van der Waals surface area contributed by atoms with Crippen LogP contribution in [0.25, 0.3) is 0 Å². The number of aromatic nitrogens is 1. The van der Waals surface area contributed by atoms with E-state index in [0.717, 1.165) is 24.1 Å². The Morgan fingerprint density at radius 3 is 2.47 bits per heavy atom. The van der Waals surface area contributed by atoms with Gasteiger partial charge in [-0.1, -0.05) is 0 Å². The standard InChI is InChI=1S/C21H25F3N4O3.HI/c1-25-20(27-11-14-4-6-26-19(8-14)31-13-21(22,23)24)28-7-5-15-9-17(29-2)18(30-3)10-16(15)12-28;/h4,6,8-10H,5,7,11-13H2,1-3H3,(H,25,27);1H. The molecule has 2 heterocycles. The van der Waals surface area contributed by atoms with E-state index < -0.39 is 12.8 Å². The van der Waals surface area contributed by atoms with E-state index in [9.17, 15) is 13.2 Å². The second kappa shape index (κ2) is 11.4. The van der Waals surface area contributed by atoms with Crippen LogP contribution in [0.4, 0.5) is 13.2 Å². The Bertz CT molecular complexity index is 941. The number of hydrogen-bond acceptors (Lipinski definition) is 5. The molecule has 1 aliphatic heterocycles. The Kier molecular flexibility index (Phi) is 9.22. The Morgan fingerprint density at radius 1 is 1.16 bits per heavy atom. The van der Waals surface area contributed by atoms with Gasteiger partial charge in [-0.3, -0.25) is 4.99 Å². The molecule has 32 heavy (non-hydrogen) atoms. The van der Waals surface area contributed by atoms with E-state index in [2.05, 4.69) is 20.2 Å². The molecule has 0 fully saturated rings. The van der Waals surface area contributed by atoms with Gasteiger partial charge in [-0.05, 0) is 41.3 Å². The van der Waals surface area contributed by atoms with Crippen molar-refractivity contribution >= 4 is 29.9 Å². The molecule has 7 nitrogen and oxygen atoms in total. The number of hydrogen-bond donors (Lipinski definition) is 1. The predicted molar refractivity (Wildman–Crippen MR) is 125 cm³/mol. The Labute approximate surface area is 202 Å². The van der Waals surface area contributed by atoms with Crippen molar-refractivity contribution in [1.82, 2.24) is 15.2 Å². The molecule has 0 atom stereocenters. The number of rotatable bonds is 6.